The van der Waals surface area contributed by atoms with E-state index in [4.69, 9.17) is 16.3 Å². The van der Waals surface area contributed by atoms with Gasteiger partial charge in [0.15, 0.2) is 17.0 Å². The third-order valence-electron chi connectivity index (χ3n) is 2.72. The van der Waals surface area contributed by atoms with E-state index in [-0.39, 0.29) is 0 Å². The largest absolute Gasteiger partial charge is 0.477 e. The summed E-state index contributed by atoms with van der Waals surface area (Å²) in [6.45, 7) is 2.41. The number of rotatable bonds is 4. The lowest BCUT2D eigenvalue weighted by Gasteiger charge is -2.08. The van der Waals surface area contributed by atoms with E-state index >= 15 is 0 Å². The van der Waals surface area contributed by atoms with Crippen LogP contribution in [0.3, 0.4) is 0 Å². The lowest BCUT2D eigenvalue weighted by Crippen LogP contribution is -2.01. The Balaban J connectivity index is 2.00. The quantitative estimate of drug-likeness (QED) is 0.797. The molecule has 0 aliphatic carbocycles. The Morgan fingerprint density at radius 2 is 1.95 bits per heavy atom. The van der Waals surface area contributed by atoms with Gasteiger partial charge in [0.25, 0.3) is 0 Å². The second-order valence-electron chi connectivity index (χ2n) is 4.17. The molecule has 21 heavy (non-hydrogen) atoms. The van der Waals surface area contributed by atoms with Gasteiger partial charge in [0.05, 0.1) is 12.8 Å². The highest BCUT2D eigenvalue weighted by atomic mass is 35.5. The van der Waals surface area contributed by atoms with Crippen LogP contribution in [-0.2, 0) is 0 Å². The van der Waals surface area contributed by atoms with Crippen LogP contribution in [-0.4, -0.2) is 26.5 Å². The van der Waals surface area contributed by atoms with Crippen LogP contribution >= 0.6 is 11.6 Å². The van der Waals surface area contributed by atoms with Crippen LogP contribution in [0, 0.1) is 0 Å². The second kappa shape index (κ2) is 5.88. The van der Waals surface area contributed by atoms with Gasteiger partial charge < -0.3 is 10.1 Å². The van der Waals surface area contributed by atoms with Crippen LogP contribution in [0.15, 0.2) is 36.8 Å². The maximum Gasteiger partial charge on any atom is 0.233 e. The van der Waals surface area contributed by atoms with Crippen molar-refractivity contribution in [1.82, 2.24) is 19.9 Å². The molecule has 2 heterocycles. The number of anilines is 2. The lowest BCUT2D eigenvalue weighted by molar-refractivity contribution is 0.326. The highest BCUT2D eigenvalue weighted by molar-refractivity contribution is 6.30. The van der Waals surface area contributed by atoms with Crippen molar-refractivity contribution in [2.24, 2.45) is 0 Å². The van der Waals surface area contributed by atoms with Gasteiger partial charge in [-0.3, -0.25) is 0 Å². The maximum atomic E-state index is 5.87. The van der Waals surface area contributed by atoms with E-state index in [0.717, 1.165) is 5.69 Å². The molecule has 3 rings (SSSR count). The smallest absolute Gasteiger partial charge is 0.233 e. The van der Waals surface area contributed by atoms with Gasteiger partial charge in [0, 0.05) is 10.7 Å². The standard InChI is InChI=1S/C14H12ClN5O/c1-2-21-11-7-16-13-12(20-11)14(18-8-17-13)19-10-5-3-9(15)4-6-10/h3-8H,2H2,1H3,(H,16,17,18,19). The fourth-order valence-electron chi connectivity index (χ4n) is 1.80. The molecule has 7 heteroatoms. The lowest BCUT2D eigenvalue weighted by atomic mass is 10.3. The molecular weight excluding hydrogens is 290 g/mol. The Morgan fingerprint density at radius 1 is 1.14 bits per heavy atom. The molecular formula is C14H12ClN5O. The normalized spacial score (nSPS) is 10.6. The predicted molar refractivity (Wildman–Crippen MR) is 81.0 cm³/mol. The van der Waals surface area contributed by atoms with Crippen molar-refractivity contribution in [3.05, 3.63) is 41.8 Å². The molecule has 0 fully saturated rings. The number of halogens is 1. The minimum Gasteiger partial charge on any atom is -0.477 e. The average Bonchev–Trinajstić information content (AvgIpc) is 2.50. The Hall–Kier alpha value is -2.47. The Kier molecular flexibility index (Phi) is 3.79. The topological polar surface area (TPSA) is 72.8 Å². The van der Waals surface area contributed by atoms with E-state index in [0.29, 0.717) is 34.5 Å². The molecule has 0 radical (unpaired) electrons. The van der Waals surface area contributed by atoms with Gasteiger partial charge in [-0.1, -0.05) is 11.6 Å². The predicted octanol–water partition coefficient (Wildman–Crippen LogP) is 3.22. The van der Waals surface area contributed by atoms with E-state index in [2.05, 4.69) is 25.3 Å². The number of aromatic nitrogens is 4. The molecule has 0 atom stereocenters. The number of ether oxygens (including phenoxy) is 1. The molecule has 106 valence electrons. The fourth-order valence-corrected chi connectivity index (χ4v) is 1.93. The zero-order valence-corrected chi connectivity index (χ0v) is 12.0. The molecule has 1 N–H and O–H groups in total. The zero-order valence-electron chi connectivity index (χ0n) is 11.2. The van der Waals surface area contributed by atoms with Crippen molar-refractivity contribution in [3.8, 4) is 5.88 Å². The van der Waals surface area contributed by atoms with Crippen molar-refractivity contribution >= 4 is 34.3 Å². The first-order valence-electron chi connectivity index (χ1n) is 6.39. The zero-order chi connectivity index (χ0) is 14.7. The van der Waals surface area contributed by atoms with E-state index < -0.39 is 0 Å². The molecule has 3 aromatic rings. The number of benzene rings is 1. The van der Waals surface area contributed by atoms with Crippen molar-refractivity contribution in [2.75, 3.05) is 11.9 Å². The summed E-state index contributed by atoms with van der Waals surface area (Å²) in [4.78, 5) is 16.9. The fraction of sp³-hybridized carbons (Fsp3) is 0.143. The maximum absolute atomic E-state index is 5.87. The van der Waals surface area contributed by atoms with Gasteiger partial charge in [-0.25, -0.2) is 19.9 Å². The molecule has 1 aromatic carbocycles. The summed E-state index contributed by atoms with van der Waals surface area (Å²) in [5.41, 5.74) is 1.91. The molecule has 0 unspecified atom stereocenters. The van der Waals surface area contributed by atoms with E-state index in [1.54, 1.807) is 18.3 Å². The van der Waals surface area contributed by atoms with E-state index in [1.165, 1.54) is 6.33 Å². The third kappa shape index (κ3) is 3.00. The summed E-state index contributed by atoms with van der Waals surface area (Å²) in [5, 5.41) is 3.85. The second-order valence-corrected chi connectivity index (χ2v) is 4.60. The summed E-state index contributed by atoms with van der Waals surface area (Å²) < 4.78 is 5.36. The third-order valence-corrected chi connectivity index (χ3v) is 2.97. The Bertz CT molecular complexity index is 763. The first-order valence-corrected chi connectivity index (χ1v) is 6.77. The summed E-state index contributed by atoms with van der Waals surface area (Å²) in [5.74, 6) is 1.01. The number of hydrogen-bond acceptors (Lipinski definition) is 6. The Labute approximate surface area is 126 Å². The van der Waals surface area contributed by atoms with Crippen LogP contribution in [0.1, 0.15) is 6.92 Å². The Morgan fingerprint density at radius 3 is 2.71 bits per heavy atom. The van der Waals surface area contributed by atoms with Gasteiger partial charge in [0.2, 0.25) is 5.88 Å². The molecule has 0 aliphatic rings. The molecule has 0 amide bonds. The van der Waals surface area contributed by atoms with Crippen LogP contribution in [0.2, 0.25) is 5.02 Å². The van der Waals surface area contributed by atoms with Crippen molar-refractivity contribution in [1.29, 1.82) is 0 Å². The molecule has 0 saturated carbocycles. The number of hydrogen-bond donors (Lipinski definition) is 1. The van der Waals surface area contributed by atoms with Crippen molar-refractivity contribution in [3.63, 3.8) is 0 Å². The molecule has 0 spiro atoms. The molecule has 0 aliphatic heterocycles. The van der Waals surface area contributed by atoms with Crippen LogP contribution in [0.25, 0.3) is 11.2 Å². The van der Waals surface area contributed by atoms with Crippen molar-refractivity contribution in [2.45, 2.75) is 6.92 Å². The molecule has 0 bridgehead atoms. The monoisotopic (exact) mass is 301 g/mol. The number of fused-ring (bicyclic) bond motifs is 1. The van der Waals surface area contributed by atoms with Gasteiger partial charge in [-0.05, 0) is 31.2 Å². The molecule has 6 nitrogen and oxygen atoms in total. The first kappa shape index (κ1) is 13.5. The van der Waals surface area contributed by atoms with Gasteiger partial charge >= 0.3 is 0 Å². The van der Waals surface area contributed by atoms with Crippen LogP contribution in [0.5, 0.6) is 5.88 Å². The minimum absolute atomic E-state index is 0.443. The van der Waals surface area contributed by atoms with Gasteiger partial charge in [-0.2, -0.15) is 0 Å². The first-order chi connectivity index (χ1) is 10.3. The molecule has 0 saturated heterocycles. The van der Waals surface area contributed by atoms with Crippen LogP contribution in [0.4, 0.5) is 11.5 Å². The summed E-state index contributed by atoms with van der Waals surface area (Å²) in [6, 6.07) is 7.31. The average molecular weight is 302 g/mol. The highest BCUT2D eigenvalue weighted by Gasteiger charge is 2.08. The van der Waals surface area contributed by atoms with E-state index in [1.807, 2.05) is 19.1 Å². The SMILES string of the molecule is CCOc1cnc2ncnc(Nc3ccc(Cl)cc3)c2n1. The number of nitrogens with one attached hydrogen (secondary N) is 1. The van der Waals surface area contributed by atoms with E-state index in [9.17, 15) is 0 Å². The van der Waals surface area contributed by atoms with Gasteiger partial charge in [-0.15, -0.1) is 0 Å². The summed E-state index contributed by atoms with van der Waals surface area (Å²) >= 11 is 5.87. The highest BCUT2D eigenvalue weighted by Crippen LogP contribution is 2.23. The molecule has 2 aromatic heterocycles. The summed E-state index contributed by atoms with van der Waals surface area (Å²) in [7, 11) is 0. The minimum atomic E-state index is 0.443. The summed E-state index contributed by atoms with van der Waals surface area (Å²) in [6.07, 6.45) is 2.99. The van der Waals surface area contributed by atoms with Crippen LogP contribution < -0.4 is 10.1 Å². The van der Waals surface area contributed by atoms with Crippen molar-refractivity contribution < 1.29 is 4.74 Å². The number of nitrogens with zero attached hydrogens (tertiary/aromatic N) is 4. The van der Waals surface area contributed by atoms with Gasteiger partial charge in [0.1, 0.15) is 6.33 Å².